The summed E-state index contributed by atoms with van der Waals surface area (Å²) in [6.07, 6.45) is 2.87. The molecule has 0 bridgehead atoms. The summed E-state index contributed by atoms with van der Waals surface area (Å²) in [5.41, 5.74) is -0.136. The molecule has 0 fully saturated rings. The summed E-state index contributed by atoms with van der Waals surface area (Å²) in [4.78, 5) is 20.5. The number of aromatic nitrogens is 2. The molecule has 0 saturated carbocycles. The zero-order chi connectivity index (χ0) is 14.5. The quantitative estimate of drug-likeness (QED) is 0.637. The molecule has 0 amide bonds. The molecule has 2 heterocycles. The molecule has 2 aromatic heterocycles. The molecule has 0 aromatic carbocycles. The summed E-state index contributed by atoms with van der Waals surface area (Å²) < 4.78 is 5.27. The summed E-state index contributed by atoms with van der Waals surface area (Å²) in [5, 5.41) is 14.0. The normalized spacial score (nSPS) is 10.3. The minimum atomic E-state index is -0.480. The van der Waals surface area contributed by atoms with Crippen LogP contribution in [0.3, 0.4) is 0 Å². The van der Waals surface area contributed by atoms with Gasteiger partial charge < -0.3 is 14.6 Å². The van der Waals surface area contributed by atoms with E-state index in [9.17, 15) is 10.1 Å². The highest BCUT2D eigenvalue weighted by atomic mass is 16.6. The molecule has 2 aromatic rings. The van der Waals surface area contributed by atoms with Gasteiger partial charge in [-0.1, -0.05) is 0 Å². The van der Waals surface area contributed by atoms with Gasteiger partial charge in [-0.2, -0.15) is 0 Å². The molecule has 0 radical (unpaired) electrons. The summed E-state index contributed by atoms with van der Waals surface area (Å²) >= 11 is 0. The molecular formula is C12H15N5O3. The Morgan fingerprint density at radius 2 is 2.30 bits per heavy atom. The number of hydrogen-bond donors (Lipinski definition) is 1. The Bertz CT molecular complexity index is 585. The lowest BCUT2D eigenvalue weighted by atomic mass is 10.3. The Kier molecular flexibility index (Phi) is 4.14. The Morgan fingerprint density at radius 3 is 2.85 bits per heavy atom. The molecule has 1 N–H and O–H groups in total. The van der Waals surface area contributed by atoms with Crippen molar-refractivity contribution in [3.63, 3.8) is 0 Å². The maximum absolute atomic E-state index is 11.3. The van der Waals surface area contributed by atoms with E-state index in [0.717, 1.165) is 0 Å². The number of nitro groups is 1. The Morgan fingerprint density at radius 1 is 1.50 bits per heavy atom. The van der Waals surface area contributed by atoms with Crippen LogP contribution in [-0.2, 0) is 6.54 Å². The van der Waals surface area contributed by atoms with Crippen molar-refractivity contribution in [2.75, 3.05) is 23.8 Å². The smallest absolute Gasteiger partial charge is 0.353 e. The zero-order valence-corrected chi connectivity index (χ0v) is 11.2. The van der Waals surface area contributed by atoms with Crippen LogP contribution in [0.5, 0.6) is 0 Å². The van der Waals surface area contributed by atoms with E-state index < -0.39 is 4.92 Å². The Labute approximate surface area is 115 Å². The second-order valence-electron chi connectivity index (χ2n) is 4.00. The molecular weight excluding hydrogens is 262 g/mol. The number of hydrogen-bond acceptors (Lipinski definition) is 7. The van der Waals surface area contributed by atoms with Crippen LogP contribution >= 0.6 is 0 Å². The van der Waals surface area contributed by atoms with Gasteiger partial charge in [-0.25, -0.2) is 9.97 Å². The zero-order valence-electron chi connectivity index (χ0n) is 11.2. The highest BCUT2D eigenvalue weighted by Gasteiger charge is 2.26. The van der Waals surface area contributed by atoms with E-state index in [2.05, 4.69) is 15.3 Å². The number of anilines is 2. The minimum absolute atomic E-state index is 0.136. The summed E-state index contributed by atoms with van der Waals surface area (Å²) in [6.45, 7) is 2.86. The third-order valence-electron chi connectivity index (χ3n) is 2.83. The van der Waals surface area contributed by atoms with Crippen LogP contribution in [-0.4, -0.2) is 28.5 Å². The van der Waals surface area contributed by atoms with Gasteiger partial charge >= 0.3 is 5.69 Å². The molecule has 0 aliphatic carbocycles. The third-order valence-corrected chi connectivity index (χ3v) is 2.83. The first-order valence-electron chi connectivity index (χ1n) is 6.11. The number of nitrogens with one attached hydrogen (secondary N) is 1. The number of furan rings is 1. The highest BCUT2D eigenvalue weighted by molar-refractivity contribution is 5.70. The average Bonchev–Trinajstić information content (AvgIpc) is 2.96. The lowest BCUT2D eigenvalue weighted by Gasteiger charge is -2.20. The topological polar surface area (TPSA) is 97.3 Å². The predicted octanol–water partition coefficient (Wildman–Crippen LogP) is 2.05. The van der Waals surface area contributed by atoms with Gasteiger partial charge in [0.2, 0.25) is 11.6 Å². The molecule has 0 atom stereocenters. The van der Waals surface area contributed by atoms with Crippen LogP contribution in [0.15, 0.2) is 29.1 Å². The lowest BCUT2D eigenvalue weighted by molar-refractivity contribution is -0.383. The molecule has 20 heavy (non-hydrogen) atoms. The highest BCUT2D eigenvalue weighted by Crippen LogP contribution is 2.32. The van der Waals surface area contributed by atoms with E-state index in [4.69, 9.17) is 4.42 Å². The van der Waals surface area contributed by atoms with E-state index in [1.807, 2.05) is 13.0 Å². The van der Waals surface area contributed by atoms with Crippen LogP contribution in [0.25, 0.3) is 0 Å². The fraction of sp³-hybridized carbons (Fsp3) is 0.333. The van der Waals surface area contributed by atoms with Crippen molar-refractivity contribution in [2.45, 2.75) is 13.5 Å². The van der Waals surface area contributed by atoms with E-state index in [-0.39, 0.29) is 17.3 Å². The van der Waals surface area contributed by atoms with Gasteiger partial charge in [0.1, 0.15) is 12.1 Å². The maximum atomic E-state index is 11.3. The van der Waals surface area contributed by atoms with Gasteiger partial charge in [0, 0.05) is 13.6 Å². The van der Waals surface area contributed by atoms with Gasteiger partial charge in [0.15, 0.2) is 0 Å². The lowest BCUT2D eigenvalue weighted by Crippen LogP contribution is -2.24. The number of rotatable bonds is 6. The first-order chi connectivity index (χ1) is 9.67. The summed E-state index contributed by atoms with van der Waals surface area (Å²) in [5.74, 6) is 1.18. The average molecular weight is 277 g/mol. The van der Waals surface area contributed by atoms with E-state index in [0.29, 0.717) is 18.8 Å². The van der Waals surface area contributed by atoms with Gasteiger partial charge in [0.25, 0.3) is 0 Å². The molecule has 0 saturated heterocycles. The SMILES string of the molecule is CCN(Cc1ccco1)c1ncnc(NC)c1[N+](=O)[O-]. The third kappa shape index (κ3) is 2.68. The van der Waals surface area contributed by atoms with Gasteiger partial charge in [-0.15, -0.1) is 0 Å². The summed E-state index contributed by atoms with van der Waals surface area (Å²) in [7, 11) is 1.59. The van der Waals surface area contributed by atoms with Crippen LogP contribution in [0.4, 0.5) is 17.3 Å². The van der Waals surface area contributed by atoms with E-state index >= 15 is 0 Å². The van der Waals surface area contributed by atoms with Crippen molar-refractivity contribution in [1.29, 1.82) is 0 Å². The van der Waals surface area contributed by atoms with Crippen molar-refractivity contribution in [3.05, 3.63) is 40.6 Å². The Balaban J connectivity index is 2.41. The van der Waals surface area contributed by atoms with Crippen LogP contribution in [0.1, 0.15) is 12.7 Å². The first-order valence-corrected chi connectivity index (χ1v) is 6.11. The number of nitrogens with zero attached hydrogens (tertiary/aromatic N) is 4. The maximum Gasteiger partial charge on any atom is 0.353 e. The predicted molar refractivity (Wildman–Crippen MR) is 73.7 cm³/mol. The first kappa shape index (κ1) is 13.8. The van der Waals surface area contributed by atoms with Gasteiger partial charge in [0.05, 0.1) is 17.7 Å². The van der Waals surface area contributed by atoms with Crippen LogP contribution in [0.2, 0.25) is 0 Å². The fourth-order valence-electron chi connectivity index (χ4n) is 1.88. The molecule has 2 rings (SSSR count). The van der Waals surface area contributed by atoms with Crippen molar-refractivity contribution in [2.24, 2.45) is 0 Å². The molecule has 0 aliphatic rings. The summed E-state index contributed by atoms with van der Waals surface area (Å²) in [6, 6.07) is 3.59. The van der Waals surface area contributed by atoms with Crippen molar-refractivity contribution in [1.82, 2.24) is 9.97 Å². The van der Waals surface area contributed by atoms with Crippen LogP contribution in [0, 0.1) is 10.1 Å². The molecule has 8 nitrogen and oxygen atoms in total. The largest absolute Gasteiger partial charge is 0.467 e. The molecule has 0 spiro atoms. The molecule has 8 heteroatoms. The molecule has 0 unspecified atom stereocenters. The van der Waals surface area contributed by atoms with Gasteiger partial charge in [-0.05, 0) is 19.1 Å². The molecule has 106 valence electrons. The van der Waals surface area contributed by atoms with E-state index in [1.165, 1.54) is 6.33 Å². The van der Waals surface area contributed by atoms with Gasteiger partial charge in [-0.3, -0.25) is 10.1 Å². The van der Waals surface area contributed by atoms with Crippen molar-refractivity contribution in [3.8, 4) is 0 Å². The Hall–Kier alpha value is -2.64. The standard InChI is InChI=1S/C12H15N5O3/c1-3-16(7-9-5-4-6-20-9)12-10(17(18)19)11(13-2)14-8-15-12/h4-6,8H,3,7H2,1-2H3,(H,13,14,15). The van der Waals surface area contributed by atoms with E-state index in [1.54, 1.807) is 24.3 Å². The second-order valence-corrected chi connectivity index (χ2v) is 4.00. The van der Waals surface area contributed by atoms with Crippen LogP contribution < -0.4 is 10.2 Å². The monoisotopic (exact) mass is 277 g/mol. The fourth-order valence-corrected chi connectivity index (χ4v) is 1.88. The van der Waals surface area contributed by atoms with Crippen molar-refractivity contribution >= 4 is 17.3 Å². The van der Waals surface area contributed by atoms with Crippen molar-refractivity contribution < 1.29 is 9.34 Å². The minimum Gasteiger partial charge on any atom is -0.467 e. The second kappa shape index (κ2) is 6.00. The molecule has 0 aliphatic heterocycles.